The van der Waals surface area contributed by atoms with Gasteiger partial charge in [0.1, 0.15) is 0 Å². The molecule has 3 saturated carbocycles. The van der Waals surface area contributed by atoms with Crippen LogP contribution in [0.3, 0.4) is 0 Å². The Morgan fingerprint density at radius 2 is 2.29 bits per heavy atom. The van der Waals surface area contributed by atoms with Gasteiger partial charge in [-0.15, -0.1) is 0 Å². The molecule has 2 N–H and O–H groups in total. The van der Waals surface area contributed by atoms with E-state index in [0.717, 1.165) is 5.92 Å². The predicted molar refractivity (Wildman–Crippen MR) is 61.1 cm³/mol. The lowest BCUT2D eigenvalue weighted by Crippen LogP contribution is -2.54. The van der Waals surface area contributed by atoms with Gasteiger partial charge < -0.3 is 5.73 Å². The summed E-state index contributed by atoms with van der Waals surface area (Å²) in [4.78, 5) is 0. The van der Waals surface area contributed by atoms with Crippen molar-refractivity contribution in [2.24, 2.45) is 11.7 Å². The number of rotatable bonds is 1. The minimum absolute atomic E-state index is 0.328. The zero-order valence-corrected chi connectivity index (χ0v) is 9.63. The van der Waals surface area contributed by atoms with Crippen LogP contribution < -0.4 is 5.73 Å². The molecule has 3 atom stereocenters. The minimum atomic E-state index is 0.328. The molecule has 14 heavy (non-hydrogen) atoms. The van der Waals surface area contributed by atoms with Gasteiger partial charge in [0, 0.05) is 15.9 Å². The summed E-state index contributed by atoms with van der Waals surface area (Å²) in [5.41, 5.74) is 8.00. The SMILES string of the molecule is NC1C2CCC1(c1cccc(Br)c1)C2. The third-order valence-corrected chi connectivity index (χ3v) is 4.63. The summed E-state index contributed by atoms with van der Waals surface area (Å²) in [6.07, 6.45) is 3.92. The van der Waals surface area contributed by atoms with Gasteiger partial charge in [-0.1, -0.05) is 28.1 Å². The van der Waals surface area contributed by atoms with Crippen LogP contribution in [0.1, 0.15) is 24.8 Å². The predicted octanol–water partition coefficient (Wildman–Crippen LogP) is 2.83. The lowest BCUT2D eigenvalue weighted by atomic mass is 9.62. The minimum Gasteiger partial charge on any atom is -0.327 e. The highest BCUT2D eigenvalue weighted by molar-refractivity contribution is 9.10. The molecule has 1 aromatic carbocycles. The van der Waals surface area contributed by atoms with E-state index in [1.165, 1.54) is 29.3 Å². The molecule has 2 heteroatoms. The maximum absolute atomic E-state index is 6.23. The second kappa shape index (κ2) is 2.83. The third-order valence-electron chi connectivity index (χ3n) is 4.13. The smallest absolute Gasteiger partial charge is 0.0178 e. The summed E-state index contributed by atoms with van der Waals surface area (Å²) in [6, 6.07) is 9.08. The summed E-state index contributed by atoms with van der Waals surface area (Å²) in [6.45, 7) is 0. The second-order valence-electron chi connectivity index (χ2n) is 4.70. The van der Waals surface area contributed by atoms with Crippen LogP contribution in [0.2, 0.25) is 0 Å². The molecule has 0 spiro atoms. The fraction of sp³-hybridized carbons (Fsp3) is 0.500. The normalized spacial score (nSPS) is 39.6. The van der Waals surface area contributed by atoms with E-state index in [1.54, 1.807) is 0 Å². The lowest BCUT2D eigenvalue weighted by molar-refractivity contribution is 0.188. The van der Waals surface area contributed by atoms with Crippen LogP contribution in [-0.2, 0) is 5.41 Å². The van der Waals surface area contributed by atoms with Crippen molar-refractivity contribution in [3.8, 4) is 0 Å². The van der Waals surface area contributed by atoms with Gasteiger partial charge in [0.2, 0.25) is 0 Å². The molecule has 0 aliphatic heterocycles. The van der Waals surface area contributed by atoms with Crippen LogP contribution in [0.25, 0.3) is 0 Å². The summed E-state index contributed by atoms with van der Waals surface area (Å²) in [5.74, 6) is 0.800. The fourth-order valence-corrected chi connectivity index (χ4v) is 3.67. The third kappa shape index (κ3) is 0.986. The molecule has 3 fully saturated rings. The molecule has 4 rings (SSSR count). The fourth-order valence-electron chi connectivity index (χ4n) is 3.27. The Kier molecular flexibility index (Phi) is 1.80. The van der Waals surface area contributed by atoms with Crippen molar-refractivity contribution in [3.63, 3.8) is 0 Å². The van der Waals surface area contributed by atoms with Crippen LogP contribution in [0.5, 0.6) is 0 Å². The summed E-state index contributed by atoms with van der Waals surface area (Å²) < 4.78 is 1.17. The van der Waals surface area contributed by atoms with Crippen molar-refractivity contribution in [2.75, 3.05) is 0 Å². The topological polar surface area (TPSA) is 26.0 Å². The Morgan fingerprint density at radius 3 is 2.86 bits per heavy atom. The molecule has 0 radical (unpaired) electrons. The van der Waals surface area contributed by atoms with Gasteiger partial charge in [0.15, 0.2) is 0 Å². The average molecular weight is 252 g/mol. The van der Waals surface area contributed by atoms with Gasteiger partial charge in [-0.25, -0.2) is 0 Å². The first kappa shape index (κ1) is 8.93. The molecule has 0 heterocycles. The largest absolute Gasteiger partial charge is 0.327 e. The van der Waals surface area contributed by atoms with E-state index in [1.807, 2.05) is 0 Å². The highest BCUT2D eigenvalue weighted by Crippen LogP contribution is 2.58. The molecule has 0 saturated heterocycles. The van der Waals surface area contributed by atoms with Crippen molar-refractivity contribution in [1.29, 1.82) is 0 Å². The summed E-state index contributed by atoms with van der Waals surface area (Å²) >= 11 is 3.53. The van der Waals surface area contributed by atoms with Gasteiger partial charge in [0.25, 0.3) is 0 Å². The molecular formula is C12H14BrN. The number of hydrogen-bond acceptors (Lipinski definition) is 1. The van der Waals surface area contributed by atoms with Gasteiger partial charge >= 0.3 is 0 Å². The number of nitrogens with two attached hydrogens (primary N) is 1. The van der Waals surface area contributed by atoms with Crippen LogP contribution in [0.15, 0.2) is 28.7 Å². The van der Waals surface area contributed by atoms with Crippen molar-refractivity contribution in [2.45, 2.75) is 30.7 Å². The molecule has 74 valence electrons. The number of benzene rings is 1. The molecule has 0 aromatic heterocycles. The zero-order valence-electron chi connectivity index (χ0n) is 8.04. The first-order valence-corrected chi connectivity index (χ1v) is 6.03. The molecule has 1 nitrogen and oxygen atoms in total. The van der Waals surface area contributed by atoms with Crippen LogP contribution >= 0.6 is 15.9 Å². The monoisotopic (exact) mass is 251 g/mol. The highest BCUT2D eigenvalue weighted by atomic mass is 79.9. The molecule has 2 bridgehead atoms. The first-order chi connectivity index (χ1) is 6.72. The van der Waals surface area contributed by atoms with E-state index in [9.17, 15) is 0 Å². The standard InChI is InChI=1S/C12H14BrN/c13-10-3-1-2-9(6-10)12-5-4-8(7-12)11(12)14/h1-3,6,8,11H,4-5,7,14H2. The maximum Gasteiger partial charge on any atom is 0.0178 e. The first-order valence-electron chi connectivity index (χ1n) is 5.24. The second-order valence-corrected chi connectivity index (χ2v) is 5.61. The molecule has 3 unspecified atom stereocenters. The maximum atomic E-state index is 6.23. The van der Waals surface area contributed by atoms with Crippen LogP contribution in [0.4, 0.5) is 0 Å². The van der Waals surface area contributed by atoms with Crippen molar-refractivity contribution >= 4 is 15.9 Å². The molecule has 3 aliphatic carbocycles. The Bertz CT molecular complexity index is 372. The van der Waals surface area contributed by atoms with Crippen molar-refractivity contribution in [1.82, 2.24) is 0 Å². The highest BCUT2D eigenvalue weighted by Gasteiger charge is 2.57. The summed E-state index contributed by atoms with van der Waals surface area (Å²) in [7, 11) is 0. The Balaban J connectivity index is 2.03. The lowest BCUT2D eigenvalue weighted by Gasteiger charge is -2.46. The Morgan fingerprint density at radius 1 is 1.43 bits per heavy atom. The van der Waals surface area contributed by atoms with Gasteiger partial charge in [0.05, 0.1) is 0 Å². The van der Waals surface area contributed by atoms with Gasteiger partial charge in [-0.05, 0) is 42.9 Å². The van der Waals surface area contributed by atoms with Gasteiger partial charge in [-0.2, -0.15) is 0 Å². The number of hydrogen-bond donors (Lipinski definition) is 1. The van der Waals surface area contributed by atoms with E-state index >= 15 is 0 Å². The quantitative estimate of drug-likeness (QED) is 0.817. The molecular weight excluding hydrogens is 238 g/mol. The van der Waals surface area contributed by atoms with Crippen LogP contribution in [-0.4, -0.2) is 6.04 Å². The van der Waals surface area contributed by atoms with E-state index in [0.29, 0.717) is 11.5 Å². The molecule has 1 aromatic rings. The van der Waals surface area contributed by atoms with E-state index in [-0.39, 0.29) is 0 Å². The Labute approximate surface area is 92.8 Å². The molecule has 0 amide bonds. The van der Waals surface area contributed by atoms with Crippen molar-refractivity contribution < 1.29 is 0 Å². The zero-order chi connectivity index (χ0) is 9.76. The summed E-state index contributed by atoms with van der Waals surface area (Å²) in [5, 5.41) is 0. The Hall–Kier alpha value is -0.340. The molecule has 3 aliphatic rings. The van der Waals surface area contributed by atoms with E-state index in [4.69, 9.17) is 5.73 Å². The van der Waals surface area contributed by atoms with Gasteiger partial charge in [-0.3, -0.25) is 0 Å². The number of fused-ring (bicyclic) bond motifs is 1. The average Bonchev–Trinajstić information content (AvgIpc) is 2.75. The number of halogens is 1. The van der Waals surface area contributed by atoms with E-state index < -0.39 is 0 Å². The van der Waals surface area contributed by atoms with Crippen molar-refractivity contribution in [3.05, 3.63) is 34.3 Å². The van der Waals surface area contributed by atoms with E-state index in [2.05, 4.69) is 40.2 Å². The van der Waals surface area contributed by atoms with Crippen LogP contribution in [0, 0.1) is 5.92 Å².